The first-order valence-electron chi connectivity index (χ1n) is 7.30. The molecule has 0 heterocycles. The first-order valence-corrected chi connectivity index (χ1v) is 7.30. The van der Waals surface area contributed by atoms with E-state index in [0.717, 1.165) is 23.5 Å². The third-order valence-corrected chi connectivity index (χ3v) is 3.60. The molecule has 0 aromatic heterocycles. The molecule has 0 aliphatic rings. The zero-order chi connectivity index (χ0) is 15.1. The van der Waals surface area contributed by atoms with E-state index in [9.17, 15) is 0 Å². The summed E-state index contributed by atoms with van der Waals surface area (Å²) in [5, 5.41) is 3.30. The highest BCUT2D eigenvalue weighted by Crippen LogP contribution is 2.22. The third-order valence-electron chi connectivity index (χ3n) is 3.60. The van der Waals surface area contributed by atoms with Crippen molar-refractivity contribution in [1.29, 1.82) is 0 Å². The Kier molecular flexibility index (Phi) is 5.64. The second-order valence-corrected chi connectivity index (χ2v) is 4.89. The monoisotopic (exact) mass is 285 g/mol. The number of benzene rings is 2. The lowest BCUT2D eigenvalue weighted by molar-refractivity contribution is 0.270. The van der Waals surface area contributed by atoms with Crippen LogP contribution in [0.1, 0.15) is 24.1 Å². The molecule has 2 aromatic rings. The number of hydrogen-bond donors (Lipinski definition) is 1. The molecule has 1 N–H and O–H groups in total. The van der Waals surface area contributed by atoms with Gasteiger partial charge in [0.2, 0.25) is 0 Å². The summed E-state index contributed by atoms with van der Waals surface area (Å²) < 4.78 is 11.3. The van der Waals surface area contributed by atoms with Crippen LogP contribution in [0.5, 0.6) is 11.5 Å². The molecule has 0 aliphatic heterocycles. The summed E-state index contributed by atoms with van der Waals surface area (Å²) in [5.41, 5.74) is 2.39. The number of para-hydroxylation sites is 1. The average molecular weight is 285 g/mol. The van der Waals surface area contributed by atoms with Crippen molar-refractivity contribution in [3.63, 3.8) is 0 Å². The summed E-state index contributed by atoms with van der Waals surface area (Å²) in [4.78, 5) is 0. The van der Waals surface area contributed by atoms with E-state index in [-0.39, 0.29) is 6.04 Å². The Bertz CT molecular complexity index is 569. The predicted octanol–water partition coefficient (Wildman–Crippen LogP) is 3.60. The van der Waals surface area contributed by atoms with E-state index in [4.69, 9.17) is 9.47 Å². The van der Waals surface area contributed by atoms with Crippen molar-refractivity contribution in [2.75, 3.05) is 20.8 Å². The summed E-state index contributed by atoms with van der Waals surface area (Å²) >= 11 is 0. The van der Waals surface area contributed by atoms with Crippen LogP contribution in [0, 0.1) is 0 Å². The van der Waals surface area contributed by atoms with Crippen LogP contribution in [-0.4, -0.2) is 20.8 Å². The molecular formula is C18H23NO2. The van der Waals surface area contributed by atoms with E-state index in [1.54, 1.807) is 7.11 Å². The molecule has 0 saturated carbocycles. The van der Waals surface area contributed by atoms with Crippen LogP contribution >= 0.6 is 0 Å². The highest BCUT2D eigenvalue weighted by Gasteiger charge is 2.12. The average Bonchev–Trinajstić information content (AvgIpc) is 2.56. The molecule has 3 nitrogen and oxygen atoms in total. The molecule has 0 fully saturated rings. The fourth-order valence-corrected chi connectivity index (χ4v) is 2.31. The smallest absolute Gasteiger partial charge is 0.122 e. The van der Waals surface area contributed by atoms with Crippen LogP contribution in [0.4, 0.5) is 0 Å². The highest BCUT2D eigenvalue weighted by atomic mass is 16.5. The molecule has 1 unspecified atom stereocenters. The van der Waals surface area contributed by atoms with Gasteiger partial charge in [-0.25, -0.2) is 0 Å². The lowest BCUT2D eigenvalue weighted by atomic mass is 10.1. The number of nitrogens with one attached hydrogen (secondary N) is 1. The van der Waals surface area contributed by atoms with E-state index < -0.39 is 0 Å². The zero-order valence-electron chi connectivity index (χ0n) is 12.9. The Morgan fingerprint density at radius 2 is 1.90 bits per heavy atom. The third kappa shape index (κ3) is 3.99. The van der Waals surface area contributed by atoms with Gasteiger partial charge in [0, 0.05) is 0 Å². The van der Waals surface area contributed by atoms with Gasteiger partial charge in [0.25, 0.3) is 0 Å². The minimum Gasteiger partial charge on any atom is -0.497 e. The van der Waals surface area contributed by atoms with Crippen molar-refractivity contribution in [1.82, 2.24) is 5.32 Å². The number of ether oxygens (including phenoxy) is 2. The molecule has 0 saturated heterocycles. The number of hydrogen-bond acceptors (Lipinski definition) is 3. The molecule has 0 spiro atoms. The van der Waals surface area contributed by atoms with E-state index in [2.05, 4.69) is 24.4 Å². The lowest BCUT2D eigenvalue weighted by Crippen LogP contribution is -2.23. The van der Waals surface area contributed by atoms with E-state index in [1.165, 1.54) is 5.56 Å². The standard InChI is InChI=1S/C18H23NO2/c1-4-14-8-5-6-11-18(14)21-13-17(19-2)15-9-7-10-16(12-15)20-3/h5-12,17,19H,4,13H2,1-3H3. The van der Waals surface area contributed by atoms with E-state index in [1.807, 2.05) is 43.4 Å². The second-order valence-electron chi connectivity index (χ2n) is 4.89. The zero-order valence-corrected chi connectivity index (χ0v) is 12.9. The van der Waals surface area contributed by atoms with Crippen LogP contribution in [0.25, 0.3) is 0 Å². The maximum absolute atomic E-state index is 6.01. The topological polar surface area (TPSA) is 30.5 Å². The quantitative estimate of drug-likeness (QED) is 0.843. The van der Waals surface area contributed by atoms with Crippen LogP contribution in [-0.2, 0) is 6.42 Å². The molecule has 0 bridgehead atoms. The van der Waals surface area contributed by atoms with Crippen molar-refractivity contribution < 1.29 is 9.47 Å². The molecule has 112 valence electrons. The number of aryl methyl sites for hydroxylation is 1. The summed E-state index contributed by atoms with van der Waals surface area (Å²) in [6.07, 6.45) is 0.972. The van der Waals surface area contributed by atoms with Gasteiger partial charge in [-0.1, -0.05) is 37.3 Å². The minimum atomic E-state index is 0.130. The molecule has 0 aliphatic carbocycles. The van der Waals surface area contributed by atoms with Crippen LogP contribution in [0.15, 0.2) is 48.5 Å². The van der Waals surface area contributed by atoms with Crippen LogP contribution in [0.2, 0.25) is 0 Å². The predicted molar refractivity (Wildman–Crippen MR) is 86.1 cm³/mol. The fraction of sp³-hybridized carbons (Fsp3) is 0.333. The Morgan fingerprint density at radius 1 is 1.10 bits per heavy atom. The molecule has 0 radical (unpaired) electrons. The lowest BCUT2D eigenvalue weighted by Gasteiger charge is -2.19. The number of likely N-dealkylation sites (N-methyl/N-ethyl adjacent to an activating group) is 1. The summed E-state index contributed by atoms with van der Waals surface area (Å²) in [5.74, 6) is 1.82. The van der Waals surface area contributed by atoms with Gasteiger partial charge in [0.1, 0.15) is 18.1 Å². The Labute approximate surface area is 126 Å². The SMILES string of the molecule is CCc1ccccc1OCC(NC)c1cccc(OC)c1. The minimum absolute atomic E-state index is 0.130. The van der Waals surface area contributed by atoms with Gasteiger partial charge in [-0.05, 0) is 42.8 Å². The van der Waals surface area contributed by atoms with Crippen molar-refractivity contribution in [3.05, 3.63) is 59.7 Å². The van der Waals surface area contributed by atoms with Gasteiger partial charge in [-0.2, -0.15) is 0 Å². The van der Waals surface area contributed by atoms with Gasteiger partial charge in [0.05, 0.1) is 13.2 Å². The van der Waals surface area contributed by atoms with Crippen molar-refractivity contribution >= 4 is 0 Å². The van der Waals surface area contributed by atoms with Gasteiger partial charge in [0.15, 0.2) is 0 Å². The maximum atomic E-state index is 6.01. The first kappa shape index (κ1) is 15.4. The Morgan fingerprint density at radius 3 is 2.62 bits per heavy atom. The van der Waals surface area contributed by atoms with Gasteiger partial charge >= 0.3 is 0 Å². The normalized spacial score (nSPS) is 12.0. The molecular weight excluding hydrogens is 262 g/mol. The number of rotatable bonds is 7. The summed E-state index contributed by atoms with van der Waals surface area (Å²) in [6, 6.07) is 16.4. The van der Waals surface area contributed by atoms with Gasteiger partial charge in [-0.3, -0.25) is 0 Å². The number of methoxy groups -OCH3 is 1. The van der Waals surface area contributed by atoms with E-state index >= 15 is 0 Å². The maximum Gasteiger partial charge on any atom is 0.122 e. The van der Waals surface area contributed by atoms with Crippen molar-refractivity contribution in [3.8, 4) is 11.5 Å². The van der Waals surface area contributed by atoms with Crippen molar-refractivity contribution in [2.24, 2.45) is 0 Å². The van der Waals surface area contributed by atoms with Crippen LogP contribution < -0.4 is 14.8 Å². The summed E-state index contributed by atoms with van der Waals surface area (Å²) in [7, 11) is 3.63. The summed E-state index contributed by atoms with van der Waals surface area (Å²) in [6.45, 7) is 2.72. The molecule has 0 amide bonds. The fourth-order valence-electron chi connectivity index (χ4n) is 2.31. The molecule has 2 rings (SSSR count). The molecule has 21 heavy (non-hydrogen) atoms. The van der Waals surface area contributed by atoms with E-state index in [0.29, 0.717) is 6.61 Å². The van der Waals surface area contributed by atoms with Gasteiger partial charge in [-0.15, -0.1) is 0 Å². The largest absolute Gasteiger partial charge is 0.497 e. The second kappa shape index (κ2) is 7.70. The van der Waals surface area contributed by atoms with Crippen molar-refractivity contribution in [2.45, 2.75) is 19.4 Å². The first-order chi connectivity index (χ1) is 10.3. The van der Waals surface area contributed by atoms with Gasteiger partial charge < -0.3 is 14.8 Å². The molecule has 1 atom stereocenters. The Balaban J connectivity index is 2.08. The molecule has 3 heteroatoms. The van der Waals surface area contributed by atoms with Crippen LogP contribution in [0.3, 0.4) is 0 Å². The highest BCUT2D eigenvalue weighted by molar-refractivity contribution is 5.34. The molecule has 2 aromatic carbocycles. The Hall–Kier alpha value is -2.00.